The molecular weight excluding hydrogens is 668 g/mol. The Morgan fingerprint density at radius 2 is 0.538 bits per heavy atom. The summed E-state index contributed by atoms with van der Waals surface area (Å²) in [5.41, 5.74) is 0. The van der Waals surface area contributed by atoms with Gasteiger partial charge in [-0.15, -0.1) is 0 Å². The molecule has 3 heterocycles. The Labute approximate surface area is 308 Å². The predicted molar refractivity (Wildman–Crippen MR) is 205 cm³/mol. The minimum Gasteiger partial charge on any atom is -0.462 e. The molecule has 0 aliphatic heterocycles. The van der Waals surface area contributed by atoms with Crippen LogP contribution in [-0.4, -0.2) is 125 Å². The molecule has 3 aromatic heterocycles. The van der Waals surface area contributed by atoms with Crippen molar-refractivity contribution >= 4 is 35.7 Å². The smallest absolute Gasteiger partial charge is 0.323 e. The van der Waals surface area contributed by atoms with Gasteiger partial charge in [-0.05, 0) is 83.1 Å². The second-order valence-corrected chi connectivity index (χ2v) is 14.0. The van der Waals surface area contributed by atoms with Gasteiger partial charge in [-0.25, -0.2) is 0 Å². The maximum atomic E-state index is 6.06. The van der Waals surface area contributed by atoms with Gasteiger partial charge in [0.25, 0.3) is 0 Å². The molecule has 19 nitrogen and oxygen atoms in total. The summed E-state index contributed by atoms with van der Waals surface area (Å²) >= 11 is 0. The molecule has 0 saturated carbocycles. The van der Waals surface area contributed by atoms with Crippen LogP contribution in [0.2, 0.25) is 0 Å². The largest absolute Gasteiger partial charge is 0.462 e. The first-order valence-corrected chi connectivity index (χ1v) is 18.1. The molecule has 0 saturated heterocycles. The highest BCUT2D eigenvalue weighted by Crippen LogP contribution is 2.16. The van der Waals surface area contributed by atoms with Crippen molar-refractivity contribution in [3.05, 3.63) is 0 Å². The number of hydrogen-bond acceptors (Lipinski definition) is 19. The maximum absolute atomic E-state index is 6.06. The van der Waals surface area contributed by atoms with Gasteiger partial charge in [0.15, 0.2) is 0 Å². The molecule has 0 aliphatic carbocycles. The van der Waals surface area contributed by atoms with E-state index in [0.717, 1.165) is 0 Å². The summed E-state index contributed by atoms with van der Waals surface area (Å²) < 4.78 is 18.2. The Kier molecular flexibility index (Phi) is 16.7. The molecule has 0 atom stereocenters. The summed E-state index contributed by atoms with van der Waals surface area (Å²) in [6, 6.07) is 1.46. The third kappa shape index (κ3) is 16.5. The van der Waals surface area contributed by atoms with Crippen molar-refractivity contribution in [2.24, 2.45) is 0 Å². The number of anilines is 6. The van der Waals surface area contributed by atoms with Crippen molar-refractivity contribution < 1.29 is 14.2 Å². The van der Waals surface area contributed by atoms with Gasteiger partial charge < -0.3 is 46.1 Å². The lowest BCUT2D eigenvalue weighted by molar-refractivity contribution is 0.144. The fraction of sp³-hybridized carbons (Fsp3) is 0.727. The first kappa shape index (κ1) is 41.6. The zero-order chi connectivity index (χ0) is 38.2. The van der Waals surface area contributed by atoms with Gasteiger partial charge in [0.05, 0.1) is 0 Å². The fourth-order valence-corrected chi connectivity index (χ4v) is 4.33. The van der Waals surface area contributed by atoms with Crippen molar-refractivity contribution in [3.8, 4) is 18.0 Å². The first-order chi connectivity index (χ1) is 24.6. The van der Waals surface area contributed by atoms with Crippen molar-refractivity contribution in [3.63, 3.8) is 0 Å². The van der Waals surface area contributed by atoms with E-state index in [0.29, 0.717) is 75.1 Å². The van der Waals surface area contributed by atoms with E-state index in [1.54, 1.807) is 0 Å². The Hall–Kier alpha value is -4.81. The van der Waals surface area contributed by atoms with E-state index in [1.165, 1.54) is 0 Å². The van der Waals surface area contributed by atoms with Crippen molar-refractivity contribution in [2.45, 2.75) is 119 Å². The van der Waals surface area contributed by atoms with Crippen LogP contribution < -0.4 is 46.1 Å². The average Bonchev–Trinajstić information content (AvgIpc) is 2.98. The maximum Gasteiger partial charge on any atom is 0.323 e. The highest BCUT2D eigenvalue weighted by atomic mass is 16.5. The lowest BCUT2D eigenvalue weighted by Crippen LogP contribution is -2.36. The second kappa shape index (κ2) is 20.9. The van der Waals surface area contributed by atoms with E-state index in [1.807, 2.05) is 83.1 Å². The fourth-order valence-electron chi connectivity index (χ4n) is 4.33. The van der Waals surface area contributed by atoms with Crippen LogP contribution >= 0.6 is 0 Å². The lowest BCUT2D eigenvalue weighted by atomic mass is 10.4. The molecule has 0 amide bonds. The Balaban J connectivity index is 1.74. The number of rotatable bonds is 24. The molecule has 0 spiro atoms. The third-order valence-electron chi connectivity index (χ3n) is 6.27. The van der Waals surface area contributed by atoms with E-state index in [2.05, 4.69) is 81.7 Å². The van der Waals surface area contributed by atoms with E-state index in [-0.39, 0.29) is 54.3 Å². The average molecular weight is 729 g/mol. The molecule has 0 fully saturated rings. The molecule has 0 unspecified atom stereocenters. The van der Waals surface area contributed by atoms with Crippen molar-refractivity contribution in [2.75, 3.05) is 71.4 Å². The summed E-state index contributed by atoms with van der Waals surface area (Å²) in [4.78, 5) is 42.3. The molecule has 19 heteroatoms. The number of ether oxygens (including phenoxy) is 3. The van der Waals surface area contributed by atoms with Crippen molar-refractivity contribution in [1.82, 2.24) is 49.8 Å². The second-order valence-electron chi connectivity index (χ2n) is 14.0. The predicted octanol–water partition coefficient (Wildman–Crippen LogP) is 4.00. The Bertz CT molecular complexity index is 1230. The van der Waals surface area contributed by atoms with Crippen LogP contribution in [0.3, 0.4) is 0 Å². The quantitative estimate of drug-likeness (QED) is 0.0767. The lowest BCUT2D eigenvalue weighted by Gasteiger charge is -2.22. The van der Waals surface area contributed by atoms with Crippen LogP contribution in [0.5, 0.6) is 18.0 Å². The normalized spacial score (nSPS) is 11.6. The van der Waals surface area contributed by atoms with Crippen LogP contribution in [0.25, 0.3) is 0 Å². The molecule has 3 aromatic rings. The van der Waals surface area contributed by atoms with Crippen LogP contribution in [0.4, 0.5) is 35.7 Å². The number of nitrogens with zero attached hydrogens (tertiary/aromatic N) is 10. The highest BCUT2D eigenvalue weighted by molar-refractivity contribution is 5.38. The minimum absolute atomic E-state index is 0.135. The zero-order valence-corrected chi connectivity index (χ0v) is 32.9. The van der Waals surface area contributed by atoms with Crippen molar-refractivity contribution in [1.29, 1.82) is 0 Å². The Morgan fingerprint density at radius 1 is 0.346 bits per heavy atom. The number of aromatic nitrogens is 9. The van der Waals surface area contributed by atoms with E-state index < -0.39 is 0 Å². The van der Waals surface area contributed by atoms with Crippen LogP contribution in [-0.2, 0) is 0 Å². The molecule has 6 N–H and O–H groups in total. The van der Waals surface area contributed by atoms with Gasteiger partial charge in [-0.1, -0.05) is 0 Å². The zero-order valence-electron chi connectivity index (χ0n) is 32.9. The van der Waals surface area contributed by atoms with Crippen LogP contribution in [0.15, 0.2) is 0 Å². The van der Waals surface area contributed by atoms with E-state index in [4.69, 9.17) is 14.2 Å². The van der Waals surface area contributed by atoms with Crippen LogP contribution in [0.1, 0.15) is 83.1 Å². The summed E-state index contributed by atoms with van der Waals surface area (Å²) in [7, 11) is 0. The molecule has 3 rings (SSSR count). The van der Waals surface area contributed by atoms with Gasteiger partial charge in [0.1, 0.15) is 19.8 Å². The number of nitrogens with one attached hydrogen (secondary N) is 6. The molecule has 290 valence electrons. The van der Waals surface area contributed by atoms with E-state index >= 15 is 0 Å². The topological polar surface area (TPSA) is 219 Å². The molecule has 0 aromatic carbocycles. The monoisotopic (exact) mass is 729 g/mol. The molecule has 0 radical (unpaired) electrons. The SMILES string of the molecule is CC(C)Nc1nc(NC(C)C)nc(OCCN(CCOc2nc(NC(C)C)nc(NC(C)C)n2)CCOc2nc(NC(C)C)nc(NC(C)C)n2)n1. The molecule has 0 bridgehead atoms. The van der Waals surface area contributed by atoms with Gasteiger partial charge in [-0.2, -0.15) is 44.9 Å². The first-order valence-electron chi connectivity index (χ1n) is 18.1. The summed E-state index contributed by atoms with van der Waals surface area (Å²) in [6.07, 6.45) is 0. The third-order valence-corrected chi connectivity index (χ3v) is 6.27. The molecule has 0 aliphatic rings. The standard InChI is InChI=1S/C33H60N16O3/c1-19(2)34-25-40-26(35-20(3)4)44-31(43-25)50-16-13-49(14-17-51-32-45-27(36-21(5)6)41-28(46-32)37-22(7)8)15-18-52-33-47-29(38-23(9)10)42-30(48-33)39-24(11)12/h19-24H,13-18H2,1-12H3,(H2,34,35,40,43,44)(H2,36,37,41,45,46)(H2,38,39,42,47,48). The molecular formula is C33H60N16O3. The van der Waals surface area contributed by atoms with Gasteiger partial charge in [0, 0.05) is 55.9 Å². The van der Waals surface area contributed by atoms with Gasteiger partial charge in [-0.3, -0.25) is 4.90 Å². The summed E-state index contributed by atoms with van der Waals surface area (Å²) in [5.74, 6) is 2.62. The number of hydrogen-bond donors (Lipinski definition) is 6. The summed E-state index contributed by atoms with van der Waals surface area (Å²) in [5, 5.41) is 19.4. The highest BCUT2D eigenvalue weighted by Gasteiger charge is 2.15. The molecule has 52 heavy (non-hydrogen) atoms. The Morgan fingerprint density at radius 3 is 0.712 bits per heavy atom. The van der Waals surface area contributed by atoms with E-state index in [9.17, 15) is 0 Å². The van der Waals surface area contributed by atoms with Gasteiger partial charge in [0.2, 0.25) is 35.7 Å². The van der Waals surface area contributed by atoms with Crippen LogP contribution in [0, 0.1) is 0 Å². The summed E-state index contributed by atoms with van der Waals surface area (Å²) in [6.45, 7) is 26.6. The minimum atomic E-state index is 0.135. The van der Waals surface area contributed by atoms with Gasteiger partial charge >= 0.3 is 18.0 Å².